The highest BCUT2D eigenvalue weighted by Crippen LogP contribution is 2.52. The highest BCUT2D eigenvalue weighted by atomic mass is 19.4. The molecule has 1 aliphatic carbocycles. The van der Waals surface area contributed by atoms with E-state index in [1.54, 1.807) is 13.0 Å². The minimum absolute atomic E-state index is 0.0368. The molecule has 3 unspecified atom stereocenters. The number of benzene rings is 2. The highest BCUT2D eigenvalue weighted by Gasteiger charge is 2.56. The normalized spacial score (nSPS) is 28.6. The smallest absolute Gasteiger partial charge is 0.426 e. The van der Waals surface area contributed by atoms with Gasteiger partial charge in [-0.05, 0) is 89.5 Å². The standard InChI is InChI=1S/C33H39F4NO5/c1-4-42-24-9-6-21(7-10-24)19-32-14-5-17-38(28(39)22-12-15-30(2,16-13-22)29(40)41)27(32)20-43-26-18-23(8-11-25(26)32)31(3,34)33(35,36)37/h6-11,18,22,27H,4-5,12-17,19-20H2,1-3H3,(H,40,41). The Bertz CT molecular complexity index is 1350. The minimum Gasteiger partial charge on any atom is -0.494 e. The van der Waals surface area contributed by atoms with Gasteiger partial charge in [0, 0.05) is 29.0 Å². The molecule has 6 nitrogen and oxygen atoms in total. The lowest BCUT2D eigenvalue weighted by atomic mass is 9.63. The number of likely N-dealkylation sites (tertiary alicyclic amines) is 1. The van der Waals surface area contributed by atoms with Gasteiger partial charge in [-0.15, -0.1) is 0 Å². The Kier molecular flexibility index (Phi) is 8.20. The zero-order valence-corrected chi connectivity index (χ0v) is 24.8. The molecule has 0 aromatic heterocycles. The van der Waals surface area contributed by atoms with E-state index in [0.717, 1.165) is 17.4 Å². The molecule has 3 atom stereocenters. The van der Waals surface area contributed by atoms with E-state index in [1.807, 2.05) is 36.1 Å². The summed E-state index contributed by atoms with van der Waals surface area (Å²) < 4.78 is 67.4. The summed E-state index contributed by atoms with van der Waals surface area (Å²) in [7, 11) is 0. The fourth-order valence-corrected chi connectivity index (χ4v) is 7.18. The molecular weight excluding hydrogens is 566 g/mol. The van der Waals surface area contributed by atoms with Gasteiger partial charge in [-0.3, -0.25) is 9.59 Å². The van der Waals surface area contributed by atoms with E-state index in [0.29, 0.717) is 70.6 Å². The van der Waals surface area contributed by atoms with Gasteiger partial charge in [0.2, 0.25) is 11.6 Å². The molecule has 234 valence electrons. The van der Waals surface area contributed by atoms with Gasteiger partial charge in [-0.1, -0.05) is 24.3 Å². The number of alkyl halides is 4. The third-order valence-electron chi connectivity index (χ3n) is 10.0. The Labute approximate surface area is 249 Å². The Morgan fingerprint density at radius 1 is 1.07 bits per heavy atom. The Morgan fingerprint density at radius 3 is 2.35 bits per heavy atom. The van der Waals surface area contributed by atoms with Crippen LogP contribution in [0.3, 0.4) is 0 Å². The van der Waals surface area contributed by atoms with Crippen molar-refractivity contribution in [2.45, 2.75) is 89.0 Å². The number of ether oxygens (including phenoxy) is 2. The van der Waals surface area contributed by atoms with Crippen molar-refractivity contribution in [2.75, 3.05) is 19.8 Å². The van der Waals surface area contributed by atoms with Gasteiger partial charge in [0.25, 0.3) is 0 Å². The summed E-state index contributed by atoms with van der Waals surface area (Å²) in [6, 6.07) is 11.2. The average molecular weight is 606 g/mol. The molecule has 1 amide bonds. The van der Waals surface area contributed by atoms with Gasteiger partial charge >= 0.3 is 12.1 Å². The number of aliphatic carboxylic acids is 1. The third-order valence-corrected chi connectivity index (χ3v) is 10.0. The number of carboxylic acids is 1. The van der Waals surface area contributed by atoms with E-state index in [1.165, 1.54) is 6.07 Å². The van der Waals surface area contributed by atoms with Gasteiger partial charge in [0.05, 0.1) is 18.1 Å². The molecule has 2 aromatic rings. The monoisotopic (exact) mass is 605 g/mol. The van der Waals surface area contributed by atoms with Crippen LogP contribution < -0.4 is 9.47 Å². The number of fused-ring (bicyclic) bond motifs is 3. The number of carbonyl (C=O) groups excluding carboxylic acids is 1. The first-order valence-corrected chi connectivity index (χ1v) is 15.0. The molecule has 2 fully saturated rings. The number of hydrogen-bond acceptors (Lipinski definition) is 4. The van der Waals surface area contributed by atoms with Crippen LogP contribution in [0.5, 0.6) is 11.5 Å². The number of amides is 1. The molecule has 43 heavy (non-hydrogen) atoms. The van der Waals surface area contributed by atoms with E-state index in [2.05, 4.69) is 0 Å². The number of carboxylic acid groups (broad SMARTS) is 1. The lowest BCUT2D eigenvalue weighted by molar-refractivity contribution is -0.228. The van der Waals surface area contributed by atoms with Crippen LogP contribution in [0.1, 0.15) is 76.0 Å². The zero-order chi connectivity index (χ0) is 31.2. The molecule has 1 saturated carbocycles. The summed E-state index contributed by atoms with van der Waals surface area (Å²) >= 11 is 0. The van der Waals surface area contributed by atoms with Gasteiger partial charge in [0.1, 0.15) is 18.1 Å². The van der Waals surface area contributed by atoms with Crippen LogP contribution >= 0.6 is 0 Å². The van der Waals surface area contributed by atoms with Crippen LogP contribution in [0.2, 0.25) is 0 Å². The van der Waals surface area contributed by atoms with Crippen molar-refractivity contribution in [3.63, 3.8) is 0 Å². The number of rotatable bonds is 7. The van der Waals surface area contributed by atoms with Crippen molar-refractivity contribution < 1.29 is 41.7 Å². The van der Waals surface area contributed by atoms with E-state index in [4.69, 9.17) is 9.47 Å². The zero-order valence-electron chi connectivity index (χ0n) is 24.8. The van der Waals surface area contributed by atoms with E-state index in [-0.39, 0.29) is 24.2 Å². The topological polar surface area (TPSA) is 76.1 Å². The number of carbonyl (C=O) groups is 2. The molecule has 3 aliphatic rings. The van der Waals surface area contributed by atoms with Crippen molar-refractivity contribution in [3.05, 3.63) is 59.2 Å². The lowest BCUT2D eigenvalue weighted by Crippen LogP contribution is -2.63. The molecule has 10 heteroatoms. The van der Waals surface area contributed by atoms with Crippen molar-refractivity contribution in [1.82, 2.24) is 4.90 Å². The van der Waals surface area contributed by atoms with Crippen molar-refractivity contribution >= 4 is 11.9 Å². The first-order valence-electron chi connectivity index (χ1n) is 15.0. The number of halogens is 4. The van der Waals surface area contributed by atoms with Crippen LogP contribution in [0.15, 0.2) is 42.5 Å². The molecule has 2 aliphatic heterocycles. The first kappa shape index (κ1) is 31.1. The number of piperidine rings is 1. The second-order valence-electron chi connectivity index (χ2n) is 12.7. The summed E-state index contributed by atoms with van der Waals surface area (Å²) in [5.41, 5.74) is -3.96. The summed E-state index contributed by atoms with van der Waals surface area (Å²) in [5.74, 6) is -0.270. The number of hydrogen-bond donors (Lipinski definition) is 1. The third kappa shape index (κ3) is 5.57. The maximum Gasteiger partial charge on any atom is 0.426 e. The molecule has 2 heterocycles. The SMILES string of the molecule is CCOc1ccc(CC23CCCN(C(=O)C4CCC(C)(C(=O)O)CC4)C2COc2cc(C(C)(F)C(F)(F)F)ccc23)cc1. The summed E-state index contributed by atoms with van der Waals surface area (Å²) in [6.07, 6.45) is -1.48. The van der Waals surface area contributed by atoms with Crippen LogP contribution in [-0.2, 0) is 27.1 Å². The van der Waals surface area contributed by atoms with E-state index < -0.39 is 40.2 Å². The molecule has 1 N–H and O–H groups in total. The highest BCUT2D eigenvalue weighted by molar-refractivity contribution is 5.81. The van der Waals surface area contributed by atoms with Crippen LogP contribution in [0, 0.1) is 11.3 Å². The van der Waals surface area contributed by atoms with Crippen LogP contribution in [0.4, 0.5) is 17.6 Å². The number of nitrogens with zero attached hydrogens (tertiary/aromatic N) is 1. The minimum atomic E-state index is -5.09. The Morgan fingerprint density at radius 2 is 1.74 bits per heavy atom. The maximum absolute atomic E-state index is 15.0. The van der Waals surface area contributed by atoms with Crippen molar-refractivity contribution in [3.8, 4) is 11.5 Å². The van der Waals surface area contributed by atoms with Gasteiger partial charge < -0.3 is 19.5 Å². The Balaban J connectivity index is 1.51. The second kappa shape index (κ2) is 11.3. The maximum atomic E-state index is 15.0. The molecule has 1 saturated heterocycles. The molecule has 0 spiro atoms. The van der Waals surface area contributed by atoms with Crippen molar-refractivity contribution in [2.24, 2.45) is 11.3 Å². The fourth-order valence-electron chi connectivity index (χ4n) is 7.18. The van der Waals surface area contributed by atoms with Crippen LogP contribution in [-0.4, -0.2) is 53.9 Å². The molecular formula is C33H39F4NO5. The fraction of sp³-hybridized carbons (Fsp3) is 0.576. The Hall–Kier alpha value is -3.30. The quantitative estimate of drug-likeness (QED) is 0.345. The lowest BCUT2D eigenvalue weighted by Gasteiger charge is -2.54. The second-order valence-corrected chi connectivity index (χ2v) is 12.7. The van der Waals surface area contributed by atoms with Crippen molar-refractivity contribution in [1.29, 1.82) is 0 Å². The molecule has 0 bridgehead atoms. The summed E-state index contributed by atoms with van der Waals surface area (Å²) in [5, 5.41) is 9.65. The molecule has 0 radical (unpaired) electrons. The summed E-state index contributed by atoms with van der Waals surface area (Å²) in [4.78, 5) is 27.7. The average Bonchev–Trinajstić information content (AvgIpc) is 2.97. The predicted octanol–water partition coefficient (Wildman–Crippen LogP) is 6.98. The van der Waals surface area contributed by atoms with E-state index in [9.17, 15) is 32.3 Å². The summed E-state index contributed by atoms with van der Waals surface area (Å²) in [6.45, 7) is 5.22. The first-order chi connectivity index (χ1) is 20.2. The van der Waals surface area contributed by atoms with E-state index >= 15 is 0 Å². The van der Waals surface area contributed by atoms with Crippen LogP contribution in [0.25, 0.3) is 0 Å². The predicted molar refractivity (Wildman–Crippen MR) is 152 cm³/mol. The largest absolute Gasteiger partial charge is 0.494 e. The molecule has 5 rings (SSSR count). The van der Waals surface area contributed by atoms with Gasteiger partial charge in [0.15, 0.2) is 0 Å². The molecule has 2 aromatic carbocycles. The van der Waals surface area contributed by atoms with Gasteiger partial charge in [-0.25, -0.2) is 4.39 Å². The van der Waals surface area contributed by atoms with Gasteiger partial charge in [-0.2, -0.15) is 13.2 Å².